The molecule has 0 aliphatic heterocycles. The van der Waals surface area contributed by atoms with Crippen LogP contribution in [0.25, 0.3) is 0 Å². The lowest BCUT2D eigenvalue weighted by atomic mass is 10.1. The first-order chi connectivity index (χ1) is 9.38. The second kappa shape index (κ2) is 5.36. The highest BCUT2D eigenvalue weighted by molar-refractivity contribution is 5.91. The van der Waals surface area contributed by atoms with Gasteiger partial charge in [0.15, 0.2) is 5.69 Å². The van der Waals surface area contributed by atoms with Gasteiger partial charge in [0, 0.05) is 19.7 Å². The van der Waals surface area contributed by atoms with Gasteiger partial charge in [0.25, 0.3) is 5.91 Å². The topological polar surface area (TPSA) is 46.3 Å². The van der Waals surface area contributed by atoms with Crippen LogP contribution in [-0.4, -0.2) is 23.0 Å². The van der Waals surface area contributed by atoms with Gasteiger partial charge in [-0.1, -0.05) is 17.3 Å². The number of alkyl halides is 3. The minimum absolute atomic E-state index is 0.0512. The summed E-state index contributed by atoms with van der Waals surface area (Å²) in [6.07, 6.45) is -3.14. The van der Waals surface area contributed by atoms with Crippen LogP contribution in [0.2, 0.25) is 0 Å². The molecule has 0 saturated heterocycles. The van der Waals surface area contributed by atoms with Crippen LogP contribution in [0.1, 0.15) is 21.6 Å². The van der Waals surface area contributed by atoms with Crippen molar-refractivity contribution < 1.29 is 22.5 Å². The Bertz CT molecular complexity index is 594. The van der Waals surface area contributed by atoms with E-state index in [0.29, 0.717) is 5.56 Å². The predicted molar refractivity (Wildman–Crippen MR) is 63.7 cm³/mol. The van der Waals surface area contributed by atoms with Gasteiger partial charge in [-0.05, 0) is 17.7 Å². The summed E-state index contributed by atoms with van der Waals surface area (Å²) in [5.41, 5.74) is -0.240. The van der Waals surface area contributed by atoms with Crippen molar-refractivity contribution in [2.45, 2.75) is 12.7 Å². The molecule has 0 atom stereocenters. The first kappa shape index (κ1) is 14.1. The molecule has 0 aliphatic carbocycles. The van der Waals surface area contributed by atoms with Gasteiger partial charge >= 0.3 is 6.18 Å². The third kappa shape index (κ3) is 3.17. The van der Waals surface area contributed by atoms with Gasteiger partial charge in [0.05, 0.1) is 5.56 Å². The summed E-state index contributed by atoms with van der Waals surface area (Å²) in [6, 6.07) is 6.24. The molecule has 0 unspecified atom stereocenters. The molecular weight excluding hydrogens is 273 g/mol. The Balaban J connectivity index is 2.12. The number of hydrogen-bond acceptors (Lipinski definition) is 3. The van der Waals surface area contributed by atoms with Gasteiger partial charge in [0.2, 0.25) is 0 Å². The molecule has 0 N–H and O–H groups in total. The number of benzene rings is 1. The molecular formula is C13H11F3N2O2. The maximum Gasteiger partial charge on any atom is 0.416 e. The molecule has 0 bridgehead atoms. The minimum Gasteiger partial charge on any atom is -0.364 e. The number of aromatic nitrogens is 1. The molecule has 1 heterocycles. The lowest BCUT2D eigenvalue weighted by molar-refractivity contribution is -0.137. The molecule has 2 rings (SSSR count). The van der Waals surface area contributed by atoms with Crippen LogP contribution in [-0.2, 0) is 12.7 Å². The SMILES string of the molecule is CN(Cc1cccc(C(F)(F)F)c1)C(=O)c1ccon1. The van der Waals surface area contributed by atoms with E-state index in [1.54, 1.807) is 0 Å². The number of hydrogen-bond donors (Lipinski definition) is 0. The van der Waals surface area contributed by atoms with Gasteiger partial charge in [-0.25, -0.2) is 0 Å². The lowest BCUT2D eigenvalue weighted by Gasteiger charge is -2.16. The predicted octanol–water partition coefficient (Wildman–Crippen LogP) is 2.97. The van der Waals surface area contributed by atoms with Gasteiger partial charge in [0.1, 0.15) is 6.26 Å². The molecule has 1 aromatic heterocycles. The highest BCUT2D eigenvalue weighted by Gasteiger charge is 2.30. The van der Waals surface area contributed by atoms with Gasteiger partial charge in [-0.15, -0.1) is 0 Å². The molecule has 0 saturated carbocycles. The number of carbonyl (C=O) groups excluding carboxylic acids is 1. The van der Waals surface area contributed by atoms with Crippen LogP contribution in [0.4, 0.5) is 13.2 Å². The minimum atomic E-state index is -4.40. The summed E-state index contributed by atoms with van der Waals surface area (Å²) in [5.74, 6) is -0.420. The molecule has 0 radical (unpaired) electrons. The zero-order chi connectivity index (χ0) is 14.8. The Kier molecular flexibility index (Phi) is 3.78. The molecule has 0 fully saturated rings. The van der Waals surface area contributed by atoms with E-state index in [2.05, 4.69) is 9.68 Å². The van der Waals surface area contributed by atoms with Gasteiger partial charge in [-0.2, -0.15) is 13.2 Å². The van der Waals surface area contributed by atoms with Crippen molar-refractivity contribution in [2.75, 3.05) is 7.05 Å². The summed E-state index contributed by atoms with van der Waals surface area (Å²) >= 11 is 0. The molecule has 0 spiro atoms. The molecule has 2 aromatic rings. The van der Waals surface area contributed by atoms with E-state index in [4.69, 9.17) is 0 Å². The Morgan fingerprint density at radius 1 is 1.35 bits per heavy atom. The maximum atomic E-state index is 12.6. The maximum absolute atomic E-state index is 12.6. The van der Waals surface area contributed by atoms with E-state index < -0.39 is 17.6 Å². The first-order valence-corrected chi connectivity index (χ1v) is 5.70. The van der Waals surface area contributed by atoms with Crippen molar-refractivity contribution in [3.05, 3.63) is 53.4 Å². The van der Waals surface area contributed by atoms with E-state index in [1.165, 1.54) is 36.4 Å². The van der Waals surface area contributed by atoms with Crippen molar-refractivity contribution in [1.29, 1.82) is 0 Å². The lowest BCUT2D eigenvalue weighted by Crippen LogP contribution is -2.26. The van der Waals surface area contributed by atoms with E-state index in [9.17, 15) is 18.0 Å². The summed E-state index contributed by atoms with van der Waals surface area (Å²) in [7, 11) is 1.48. The summed E-state index contributed by atoms with van der Waals surface area (Å²) in [4.78, 5) is 13.1. The van der Waals surface area contributed by atoms with E-state index in [1.807, 2.05) is 0 Å². The van der Waals surface area contributed by atoms with Crippen LogP contribution in [0.3, 0.4) is 0 Å². The summed E-state index contributed by atoms with van der Waals surface area (Å²) in [5, 5.41) is 3.49. The average Bonchev–Trinajstić information content (AvgIpc) is 2.91. The van der Waals surface area contributed by atoms with Crippen molar-refractivity contribution in [1.82, 2.24) is 10.1 Å². The monoisotopic (exact) mass is 284 g/mol. The van der Waals surface area contributed by atoms with Crippen molar-refractivity contribution in [3.63, 3.8) is 0 Å². The Hall–Kier alpha value is -2.31. The second-order valence-corrected chi connectivity index (χ2v) is 4.24. The van der Waals surface area contributed by atoms with Gasteiger partial charge < -0.3 is 9.42 Å². The number of amides is 1. The smallest absolute Gasteiger partial charge is 0.364 e. The van der Waals surface area contributed by atoms with Crippen LogP contribution in [0.5, 0.6) is 0 Å². The molecule has 4 nitrogen and oxygen atoms in total. The van der Waals surface area contributed by atoms with Crippen molar-refractivity contribution in [3.8, 4) is 0 Å². The average molecular weight is 284 g/mol. The fraction of sp³-hybridized carbons (Fsp3) is 0.231. The van der Waals surface area contributed by atoms with Crippen LogP contribution >= 0.6 is 0 Å². The second-order valence-electron chi connectivity index (χ2n) is 4.24. The largest absolute Gasteiger partial charge is 0.416 e. The van der Waals surface area contributed by atoms with Crippen molar-refractivity contribution >= 4 is 5.91 Å². The first-order valence-electron chi connectivity index (χ1n) is 5.70. The zero-order valence-electron chi connectivity index (χ0n) is 10.5. The number of halogens is 3. The Morgan fingerprint density at radius 3 is 2.70 bits per heavy atom. The highest BCUT2D eigenvalue weighted by Crippen LogP contribution is 2.29. The number of carbonyl (C=O) groups is 1. The molecule has 1 aromatic carbocycles. The van der Waals surface area contributed by atoms with E-state index in [-0.39, 0.29) is 12.2 Å². The zero-order valence-corrected chi connectivity index (χ0v) is 10.5. The molecule has 20 heavy (non-hydrogen) atoms. The summed E-state index contributed by atoms with van der Waals surface area (Å²) in [6.45, 7) is 0.0512. The van der Waals surface area contributed by atoms with Crippen LogP contribution in [0.15, 0.2) is 41.1 Å². The molecule has 106 valence electrons. The standard InChI is InChI=1S/C13H11F3N2O2/c1-18(12(19)11-5-6-20-17-11)8-9-3-2-4-10(7-9)13(14,15)16/h2-7H,8H2,1H3. The fourth-order valence-corrected chi connectivity index (χ4v) is 1.71. The van der Waals surface area contributed by atoms with E-state index in [0.717, 1.165) is 12.1 Å². The van der Waals surface area contributed by atoms with Gasteiger partial charge in [-0.3, -0.25) is 4.79 Å². The van der Waals surface area contributed by atoms with Crippen LogP contribution < -0.4 is 0 Å². The highest BCUT2D eigenvalue weighted by atomic mass is 19.4. The Labute approximate surface area is 112 Å². The third-order valence-corrected chi connectivity index (χ3v) is 2.68. The summed E-state index contributed by atoms with van der Waals surface area (Å²) < 4.78 is 42.3. The van der Waals surface area contributed by atoms with Crippen molar-refractivity contribution in [2.24, 2.45) is 0 Å². The molecule has 1 amide bonds. The Morgan fingerprint density at radius 2 is 2.10 bits per heavy atom. The number of rotatable bonds is 3. The molecule has 0 aliphatic rings. The van der Waals surface area contributed by atoms with E-state index >= 15 is 0 Å². The van der Waals surface area contributed by atoms with Crippen LogP contribution in [0, 0.1) is 0 Å². The third-order valence-electron chi connectivity index (χ3n) is 2.68. The molecule has 7 heteroatoms. The quantitative estimate of drug-likeness (QED) is 0.870. The normalized spacial score (nSPS) is 11.4. The fourth-order valence-electron chi connectivity index (χ4n) is 1.71. The number of nitrogens with zero attached hydrogens (tertiary/aromatic N) is 2.